The van der Waals surface area contributed by atoms with E-state index in [1.165, 1.54) is 0 Å². The molecule has 0 aliphatic heterocycles. The molecule has 0 aliphatic rings. The van der Waals surface area contributed by atoms with Gasteiger partial charge in [0.15, 0.2) is 5.88 Å². The topological polar surface area (TPSA) is 58.6 Å². The molecule has 0 spiro atoms. The Balaban J connectivity index is 3.81. The van der Waals surface area contributed by atoms with Crippen LogP contribution in [0.15, 0.2) is 12.5 Å². The van der Waals surface area contributed by atoms with Gasteiger partial charge in [-0.2, -0.15) is 0 Å². The van der Waals surface area contributed by atoms with Gasteiger partial charge in [-0.15, -0.1) is 0 Å². The van der Waals surface area contributed by atoms with E-state index < -0.39 is 11.9 Å². The van der Waals surface area contributed by atoms with Crippen molar-refractivity contribution in [1.82, 2.24) is 5.32 Å². The summed E-state index contributed by atoms with van der Waals surface area (Å²) >= 11 is 0. The van der Waals surface area contributed by atoms with E-state index in [0.29, 0.717) is 12.4 Å². The molecule has 0 rings (SSSR count). The zero-order chi connectivity index (χ0) is 11.4. The number of hydrogen-bond donors (Lipinski definition) is 2. The van der Waals surface area contributed by atoms with Crippen molar-refractivity contribution < 1.29 is 14.6 Å². The quantitative estimate of drug-likeness (QED) is 0.663. The molecule has 0 aromatic carbocycles. The van der Waals surface area contributed by atoms with Crippen molar-refractivity contribution >= 4 is 5.97 Å². The lowest BCUT2D eigenvalue weighted by atomic mass is 10.2. The lowest BCUT2D eigenvalue weighted by Crippen LogP contribution is -2.30. The van der Waals surface area contributed by atoms with Crippen LogP contribution in [0, 0.1) is 5.92 Å². The molecule has 0 aromatic heterocycles. The highest BCUT2D eigenvalue weighted by Crippen LogP contribution is 2.10. The van der Waals surface area contributed by atoms with Crippen molar-refractivity contribution in [2.75, 3.05) is 6.54 Å². The van der Waals surface area contributed by atoms with Crippen LogP contribution in [0.5, 0.6) is 0 Å². The molecule has 0 fully saturated rings. The van der Waals surface area contributed by atoms with E-state index >= 15 is 0 Å². The summed E-state index contributed by atoms with van der Waals surface area (Å²) in [5.74, 6) is -0.873. The summed E-state index contributed by atoms with van der Waals surface area (Å²) in [5.41, 5.74) is -0.309. The first-order valence-electron chi connectivity index (χ1n) is 4.57. The number of aliphatic carboxylic acids is 1. The molecule has 0 aliphatic carbocycles. The van der Waals surface area contributed by atoms with Crippen molar-refractivity contribution in [3.63, 3.8) is 0 Å². The minimum atomic E-state index is -0.832. The molecule has 0 amide bonds. The minimum absolute atomic E-state index is 0.309. The van der Waals surface area contributed by atoms with Gasteiger partial charge in [0.2, 0.25) is 0 Å². The van der Waals surface area contributed by atoms with E-state index in [1.54, 1.807) is 6.92 Å². The number of carbonyl (C=O) groups is 1. The second kappa shape index (κ2) is 4.88. The number of ether oxygens (including phenoxy) is 1. The summed E-state index contributed by atoms with van der Waals surface area (Å²) < 4.78 is 5.37. The Bertz CT molecular complexity index is 218. The standard InChI is InChI=1S/C10H19NO3/c1-7(9(12)13)6-11-8(2)14-10(3,4)5/h7,11H,2,6H2,1,3-5H3,(H,12,13). The molecule has 0 aromatic rings. The van der Waals surface area contributed by atoms with Crippen LogP contribution in [0.25, 0.3) is 0 Å². The van der Waals surface area contributed by atoms with Crippen molar-refractivity contribution in [3.8, 4) is 0 Å². The summed E-state index contributed by atoms with van der Waals surface area (Å²) in [6.45, 7) is 11.3. The SMILES string of the molecule is C=C(NCC(C)C(=O)O)OC(C)(C)C. The van der Waals surface area contributed by atoms with Crippen LogP contribution in [-0.4, -0.2) is 23.2 Å². The second-order valence-corrected chi connectivity index (χ2v) is 4.26. The van der Waals surface area contributed by atoms with Crippen LogP contribution in [0.4, 0.5) is 0 Å². The van der Waals surface area contributed by atoms with Crippen LogP contribution in [0.2, 0.25) is 0 Å². The summed E-state index contributed by atoms with van der Waals surface area (Å²) in [6, 6.07) is 0. The zero-order valence-corrected chi connectivity index (χ0v) is 9.26. The molecule has 0 saturated heterocycles. The first-order chi connectivity index (χ1) is 6.22. The van der Waals surface area contributed by atoms with Gasteiger partial charge in [0.25, 0.3) is 0 Å². The molecule has 82 valence electrons. The maximum absolute atomic E-state index is 10.5. The second-order valence-electron chi connectivity index (χ2n) is 4.26. The predicted molar refractivity (Wildman–Crippen MR) is 54.8 cm³/mol. The van der Waals surface area contributed by atoms with Gasteiger partial charge >= 0.3 is 5.97 Å². The largest absolute Gasteiger partial charge is 0.481 e. The summed E-state index contributed by atoms with van der Waals surface area (Å²) in [7, 11) is 0. The first kappa shape index (κ1) is 12.8. The van der Waals surface area contributed by atoms with E-state index in [1.807, 2.05) is 20.8 Å². The van der Waals surface area contributed by atoms with E-state index in [4.69, 9.17) is 9.84 Å². The molecule has 4 nitrogen and oxygen atoms in total. The van der Waals surface area contributed by atoms with Crippen LogP contribution >= 0.6 is 0 Å². The molecular formula is C10H19NO3. The number of hydrogen-bond acceptors (Lipinski definition) is 3. The summed E-state index contributed by atoms with van der Waals surface area (Å²) in [6.07, 6.45) is 0. The molecule has 0 saturated carbocycles. The Labute approximate surface area is 85.0 Å². The van der Waals surface area contributed by atoms with Crippen molar-refractivity contribution in [3.05, 3.63) is 12.5 Å². The highest BCUT2D eigenvalue weighted by atomic mass is 16.5. The molecular weight excluding hydrogens is 182 g/mol. The monoisotopic (exact) mass is 201 g/mol. The maximum Gasteiger partial charge on any atom is 0.308 e. The Morgan fingerprint density at radius 1 is 1.57 bits per heavy atom. The third-order valence-electron chi connectivity index (χ3n) is 1.46. The average molecular weight is 201 g/mol. The maximum atomic E-state index is 10.5. The van der Waals surface area contributed by atoms with Gasteiger partial charge in [0, 0.05) is 6.54 Å². The number of carboxylic acid groups (broad SMARTS) is 1. The Morgan fingerprint density at radius 3 is 2.43 bits per heavy atom. The van der Waals surface area contributed by atoms with Crippen molar-refractivity contribution in [2.24, 2.45) is 5.92 Å². The third kappa shape index (κ3) is 6.34. The van der Waals surface area contributed by atoms with Gasteiger partial charge in [-0.25, -0.2) is 0 Å². The average Bonchev–Trinajstić information content (AvgIpc) is 1.96. The fourth-order valence-electron chi connectivity index (χ4n) is 0.760. The number of nitrogens with one attached hydrogen (secondary N) is 1. The van der Waals surface area contributed by atoms with E-state index in [2.05, 4.69) is 11.9 Å². The summed E-state index contributed by atoms with van der Waals surface area (Å²) in [4.78, 5) is 10.5. The lowest BCUT2D eigenvalue weighted by molar-refractivity contribution is -0.140. The van der Waals surface area contributed by atoms with E-state index in [0.717, 1.165) is 0 Å². The van der Waals surface area contributed by atoms with Gasteiger partial charge in [0.1, 0.15) is 5.60 Å². The predicted octanol–water partition coefficient (Wildman–Crippen LogP) is 1.58. The molecule has 0 heterocycles. The van der Waals surface area contributed by atoms with Crippen LogP contribution in [-0.2, 0) is 9.53 Å². The fraction of sp³-hybridized carbons (Fsp3) is 0.700. The lowest BCUT2D eigenvalue weighted by Gasteiger charge is -2.23. The fourth-order valence-corrected chi connectivity index (χ4v) is 0.760. The highest BCUT2D eigenvalue weighted by Gasteiger charge is 2.14. The van der Waals surface area contributed by atoms with Crippen LogP contribution < -0.4 is 5.32 Å². The molecule has 1 atom stereocenters. The smallest absolute Gasteiger partial charge is 0.308 e. The van der Waals surface area contributed by atoms with E-state index in [9.17, 15) is 4.79 Å². The van der Waals surface area contributed by atoms with Gasteiger partial charge in [-0.05, 0) is 27.4 Å². The summed E-state index contributed by atoms with van der Waals surface area (Å²) in [5, 5.41) is 11.4. The Hall–Kier alpha value is -1.19. The van der Waals surface area contributed by atoms with Crippen molar-refractivity contribution in [2.45, 2.75) is 33.3 Å². The minimum Gasteiger partial charge on any atom is -0.481 e. The van der Waals surface area contributed by atoms with Crippen LogP contribution in [0.3, 0.4) is 0 Å². The van der Waals surface area contributed by atoms with Crippen molar-refractivity contribution in [1.29, 1.82) is 0 Å². The molecule has 14 heavy (non-hydrogen) atoms. The molecule has 0 radical (unpaired) electrons. The normalized spacial score (nSPS) is 13.1. The molecule has 2 N–H and O–H groups in total. The zero-order valence-electron chi connectivity index (χ0n) is 9.26. The third-order valence-corrected chi connectivity index (χ3v) is 1.46. The molecule has 4 heteroatoms. The van der Waals surface area contributed by atoms with E-state index in [-0.39, 0.29) is 5.60 Å². The first-order valence-corrected chi connectivity index (χ1v) is 4.57. The van der Waals surface area contributed by atoms with Gasteiger partial charge < -0.3 is 15.2 Å². The van der Waals surface area contributed by atoms with Gasteiger partial charge in [-0.1, -0.05) is 6.92 Å². The Kier molecular flexibility index (Phi) is 4.47. The van der Waals surface area contributed by atoms with Gasteiger partial charge in [0.05, 0.1) is 5.92 Å². The highest BCUT2D eigenvalue weighted by molar-refractivity contribution is 5.69. The van der Waals surface area contributed by atoms with Crippen LogP contribution in [0.1, 0.15) is 27.7 Å². The van der Waals surface area contributed by atoms with Gasteiger partial charge in [-0.3, -0.25) is 4.79 Å². The number of rotatable bonds is 5. The molecule has 1 unspecified atom stereocenters. The number of carboxylic acids is 1. The Morgan fingerprint density at radius 2 is 2.07 bits per heavy atom. The molecule has 0 bridgehead atoms.